The maximum absolute atomic E-state index is 12.7. The minimum absolute atomic E-state index is 0.0989. The maximum Gasteiger partial charge on any atom is 0.478 e. The molecule has 3 rings (SSSR count). The molecule has 1 aromatic heterocycles. The third-order valence-corrected chi connectivity index (χ3v) is 6.95. The number of alkyl halides is 3. The second-order valence-corrected chi connectivity index (χ2v) is 8.76. The zero-order chi connectivity index (χ0) is 18.9. The van der Waals surface area contributed by atoms with Crippen LogP contribution in [0.15, 0.2) is 46.9 Å². The molecule has 1 heterocycles. The van der Waals surface area contributed by atoms with E-state index in [9.17, 15) is 18.0 Å². The second kappa shape index (κ2) is 7.35. The highest BCUT2D eigenvalue weighted by Crippen LogP contribution is 2.36. The number of carbonyl (C=O) groups is 1. The maximum atomic E-state index is 12.7. The lowest BCUT2D eigenvalue weighted by Crippen LogP contribution is -2.03. The average molecular weight is 394 g/mol. The van der Waals surface area contributed by atoms with Crippen LogP contribution in [0, 0.1) is 0 Å². The molecule has 9 heteroatoms. The van der Waals surface area contributed by atoms with Crippen molar-refractivity contribution in [2.75, 3.05) is 0 Å². The standard InChI is InChI=1S/C16H12F3NOS.CHO2.Al/c1-9(22)12-3-2-4-13-14(12)21-15(20-13)10-5-7-11(8-6-10)16(17,18)19;2-1-3;/h2-9,22H,1H3;(H,2,3);/q;;+1/p-1. The van der Waals surface area contributed by atoms with Gasteiger partial charge >= 0.3 is 20.3 Å². The lowest BCUT2D eigenvalue weighted by atomic mass is 10.1. The number of oxazole rings is 1. The summed E-state index contributed by atoms with van der Waals surface area (Å²) in [4.78, 5) is 14.3. The first-order chi connectivity index (χ1) is 12.3. The van der Waals surface area contributed by atoms with E-state index in [1.165, 1.54) is 22.3 Å². The Morgan fingerprint density at radius 3 is 2.54 bits per heavy atom. The number of fused-ring (bicyclic) bond motifs is 1. The van der Waals surface area contributed by atoms with E-state index >= 15 is 0 Å². The summed E-state index contributed by atoms with van der Waals surface area (Å²) in [5.74, 6) is 0.226. The summed E-state index contributed by atoms with van der Waals surface area (Å²) in [6, 6.07) is 9.99. The summed E-state index contributed by atoms with van der Waals surface area (Å²) in [6.07, 6.45) is -4.40. The molecule has 133 valence electrons. The smallest absolute Gasteiger partial charge is 0.478 e. The van der Waals surface area contributed by atoms with Crippen LogP contribution in [0.3, 0.4) is 0 Å². The van der Waals surface area contributed by atoms with Gasteiger partial charge in [0.1, 0.15) is 5.52 Å². The molecule has 0 fully saturated rings. The molecule has 0 aliphatic rings. The third kappa shape index (κ3) is 4.06. The SMILES string of the molecule is CC([S][Al][C](=O)O)c1cccc2nc(-c3ccc(C(F)(F)F)cc3)oc12. The van der Waals surface area contributed by atoms with Crippen molar-refractivity contribution >= 4 is 40.1 Å². The molecule has 0 amide bonds. The Kier molecular flexibility index (Phi) is 5.32. The van der Waals surface area contributed by atoms with Crippen LogP contribution in [0.5, 0.6) is 0 Å². The molecule has 2 aromatic carbocycles. The molecular formula is C17H12AlF3NO3S. The number of para-hydroxylation sites is 1. The van der Waals surface area contributed by atoms with Gasteiger partial charge in [0.2, 0.25) is 5.89 Å². The molecule has 26 heavy (non-hydrogen) atoms. The van der Waals surface area contributed by atoms with Crippen LogP contribution >= 0.6 is 10.1 Å². The summed E-state index contributed by atoms with van der Waals surface area (Å²) < 4.78 is 43.8. The number of hydrogen-bond donors (Lipinski definition) is 1. The van der Waals surface area contributed by atoms with E-state index in [4.69, 9.17) is 9.52 Å². The van der Waals surface area contributed by atoms with Crippen LogP contribution in [0.2, 0.25) is 0 Å². The van der Waals surface area contributed by atoms with Crippen LogP contribution in [0.1, 0.15) is 23.3 Å². The van der Waals surface area contributed by atoms with Crippen LogP contribution in [-0.4, -0.2) is 29.0 Å². The summed E-state index contributed by atoms with van der Waals surface area (Å²) in [5, 5.41) is 8.76. The second-order valence-electron chi connectivity index (χ2n) is 5.52. The molecule has 3 aromatic rings. The lowest BCUT2D eigenvalue weighted by Gasteiger charge is -2.10. The molecule has 1 radical (unpaired) electrons. The third-order valence-electron chi connectivity index (χ3n) is 3.72. The monoisotopic (exact) mass is 394 g/mol. The molecule has 0 bridgehead atoms. The van der Waals surface area contributed by atoms with Gasteiger partial charge in [-0.15, -0.1) is 0 Å². The van der Waals surface area contributed by atoms with Gasteiger partial charge in [0.25, 0.3) is 0 Å². The van der Waals surface area contributed by atoms with E-state index in [1.807, 2.05) is 13.0 Å². The fraction of sp³-hybridized carbons (Fsp3) is 0.176. The lowest BCUT2D eigenvalue weighted by molar-refractivity contribution is -0.137. The van der Waals surface area contributed by atoms with E-state index < -0.39 is 30.7 Å². The van der Waals surface area contributed by atoms with Gasteiger partial charge in [-0.05, 0) is 30.3 Å². The van der Waals surface area contributed by atoms with Crippen LogP contribution in [0.25, 0.3) is 22.6 Å². The van der Waals surface area contributed by atoms with Crippen molar-refractivity contribution in [2.24, 2.45) is 0 Å². The zero-order valence-electron chi connectivity index (χ0n) is 13.4. The van der Waals surface area contributed by atoms with E-state index in [0.717, 1.165) is 17.7 Å². The molecule has 0 aliphatic carbocycles. The molecule has 0 saturated carbocycles. The fourth-order valence-corrected chi connectivity index (χ4v) is 4.50. The van der Waals surface area contributed by atoms with Crippen LogP contribution < -0.4 is 0 Å². The fourth-order valence-electron chi connectivity index (χ4n) is 2.45. The first-order valence-electron chi connectivity index (χ1n) is 7.54. The van der Waals surface area contributed by atoms with Crippen LogP contribution in [-0.2, 0) is 6.18 Å². The first-order valence-corrected chi connectivity index (χ1v) is 10.5. The molecule has 0 aliphatic heterocycles. The Morgan fingerprint density at radius 2 is 1.92 bits per heavy atom. The van der Waals surface area contributed by atoms with Gasteiger partial charge < -0.3 is 9.52 Å². The topological polar surface area (TPSA) is 63.3 Å². The van der Waals surface area contributed by atoms with E-state index in [1.54, 1.807) is 12.1 Å². The van der Waals surface area contributed by atoms with Gasteiger partial charge in [-0.1, -0.05) is 19.1 Å². The van der Waals surface area contributed by atoms with Crippen LogP contribution in [0.4, 0.5) is 18.0 Å². The Bertz CT molecular complexity index is 941. The van der Waals surface area contributed by atoms with E-state index in [-0.39, 0.29) is 11.1 Å². The molecule has 4 nitrogen and oxygen atoms in total. The molecule has 0 saturated heterocycles. The minimum atomic E-state index is -4.40. The minimum Gasteiger partial charge on any atom is -0.496 e. The zero-order valence-corrected chi connectivity index (χ0v) is 15.4. The van der Waals surface area contributed by atoms with Crippen molar-refractivity contribution in [3.8, 4) is 11.5 Å². The van der Waals surface area contributed by atoms with Gasteiger partial charge in [-0.2, -0.15) is 13.2 Å². The number of aromatic nitrogens is 1. The number of carboxylic acid groups (broad SMARTS) is 1. The quantitative estimate of drug-likeness (QED) is 0.571. The Morgan fingerprint density at radius 1 is 1.23 bits per heavy atom. The highest BCUT2D eigenvalue weighted by atomic mass is 32.3. The molecular weight excluding hydrogens is 382 g/mol. The number of nitrogens with zero attached hydrogens (tertiary/aromatic N) is 1. The Hall–Kier alpha value is -1.95. The van der Waals surface area contributed by atoms with Gasteiger partial charge in [-0.25, -0.2) is 15.1 Å². The molecule has 1 N–H and O–H groups in total. The van der Waals surface area contributed by atoms with Gasteiger partial charge in [-0.3, -0.25) is 4.79 Å². The summed E-state index contributed by atoms with van der Waals surface area (Å²) >= 11 is -0.803. The molecule has 1 atom stereocenters. The van der Waals surface area contributed by atoms with E-state index in [0.29, 0.717) is 16.7 Å². The first kappa shape index (κ1) is 18.8. The van der Waals surface area contributed by atoms with Crippen molar-refractivity contribution in [1.82, 2.24) is 4.98 Å². The largest absolute Gasteiger partial charge is 0.496 e. The highest BCUT2D eigenvalue weighted by molar-refractivity contribution is 8.24. The van der Waals surface area contributed by atoms with E-state index in [2.05, 4.69) is 4.98 Å². The average Bonchev–Trinajstić information content (AvgIpc) is 3.03. The van der Waals surface area contributed by atoms with Crippen molar-refractivity contribution in [3.05, 3.63) is 53.6 Å². The van der Waals surface area contributed by atoms with Gasteiger partial charge in [0, 0.05) is 16.4 Å². The number of hydrogen-bond acceptors (Lipinski definition) is 4. The number of benzene rings is 2. The summed E-state index contributed by atoms with van der Waals surface area (Å²) in [7, 11) is 1.33. The predicted molar refractivity (Wildman–Crippen MR) is 94.2 cm³/mol. The van der Waals surface area contributed by atoms with Crippen molar-refractivity contribution < 1.29 is 27.5 Å². The van der Waals surface area contributed by atoms with Gasteiger partial charge in [0.15, 0.2) is 10.4 Å². The van der Waals surface area contributed by atoms with Crippen molar-refractivity contribution in [2.45, 2.75) is 18.3 Å². The predicted octanol–water partition coefficient (Wildman–Crippen LogP) is 5.61. The highest BCUT2D eigenvalue weighted by Gasteiger charge is 2.30. The van der Waals surface area contributed by atoms with Gasteiger partial charge in [0.05, 0.1) is 5.56 Å². The van der Waals surface area contributed by atoms with Crippen molar-refractivity contribution in [1.29, 1.82) is 0 Å². The normalized spacial score (nSPS) is 12.9. The molecule has 0 spiro atoms. The van der Waals surface area contributed by atoms with Crippen molar-refractivity contribution in [3.63, 3.8) is 0 Å². The Labute approximate surface area is 156 Å². The summed E-state index contributed by atoms with van der Waals surface area (Å²) in [5.41, 5.74) is 1.62. The number of rotatable bonds is 5. The number of halogens is 3. The Balaban J connectivity index is 1.94. The molecule has 1 unspecified atom stereocenters. The summed E-state index contributed by atoms with van der Waals surface area (Å²) in [6.45, 7) is 1.88.